The highest BCUT2D eigenvalue weighted by Crippen LogP contribution is 2.18. The van der Waals surface area contributed by atoms with Gasteiger partial charge in [-0.1, -0.05) is 48.7 Å². The number of nitrogens with two attached hydrogens (primary N) is 1. The molecule has 0 aromatic heterocycles. The maximum Gasteiger partial charge on any atom is 0.260 e. The average Bonchev–Trinajstić information content (AvgIpc) is 3.16. The van der Waals surface area contributed by atoms with E-state index in [0.29, 0.717) is 5.84 Å². The molecule has 1 amide bonds. The lowest BCUT2D eigenvalue weighted by atomic mass is 10.0. The van der Waals surface area contributed by atoms with Crippen LogP contribution in [0.25, 0.3) is 0 Å². The summed E-state index contributed by atoms with van der Waals surface area (Å²) < 4.78 is 0. The number of oxime groups is 1. The van der Waals surface area contributed by atoms with Gasteiger partial charge in [0.15, 0.2) is 12.4 Å². The Balaban J connectivity index is 1.53. The number of hydrogen-bond donors (Lipinski definition) is 2. The maximum absolute atomic E-state index is 11.9. The molecule has 1 heterocycles. The third kappa shape index (κ3) is 5.46. The van der Waals surface area contributed by atoms with Gasteiger partial charge in [-0.3, -0.25) is 9.69 Å². The normalized spacial score (nSPS) is 19.5. The van der Waals surface area contributed by atoms with Crippen molar-refractivity contribution in [3.05, 3.63) is 35.4 Å². The van der Waals surface area contributed by atoms with Crippen LogP contribution in [0.2, 0.25) is 0 Å². The van der Waals surface area contributed by atoms with Crippen LogP contribution in [0.15, 0.2) is 29.4 Å². The lowest BCUT2D eigenvalue weighted by Gasteiger charge is -2.27. The minimum absolute atomic E-state index is 0.0918. The fraction of sp³-hybridized carbons (Fsp3) is 0.600. The number of carbonyl (C=O) groups is 1. The third-order valence-corrected chi connectivity index (χ3v) is 5.21. The summed E-state index contributed by atoms with van der Waals surface area (Å²) in [6, 6.07) is 8.30. The Labute approximate surface area is 155 Å². The molecule has 1 aliphatic heterocycles. The van der Waals surface area contributed by atoms with Gasteiger partial charge in [0, 0.05) is 18.2 Å². The quantitative estimate of drug-likeness (QED) is 0.445. The van der Waals surface area contributed by atoms with E-state index in [1.165, 1.54) is 32.1 Å². The fourth-order valence-electron chi connectivity index (χ4n) is 3.82. The molecule has 1 aromatic carbocycles. The molecule has 1 aromatic rings. The van der Waals surface area contributed by atoms with Crippen LogP contribution in [-0.4, -0.2) is 42.4 Å². The maximum atomic E-state index is 11.9. The summed E-state index contributed by atoms with van der Waals surface area (Å²) >= 11 is 0. The third-order valence-electron chi connectivity index (χ3n) is 5.21. The number of carbonyl (C=O) groups excluding carboxylic acids is 1. The first-order chi connectivity index (χ1) is 12.7. The molecule has 0 bridgehead atoms. The first kappa shape index (κ1) is 18.7. The van der Waals surface area contributed by atoms with Gasteiger partial charge in [-0.25, -0.2) is 0 Å². The molecule has 3 rings (SSSR count). The highest BCUT2D eigenvalue weighted by Gasteiger charge is 2.17. The van der Waals surface area contributed by atoms with E-state index >= 15 is 0 Å². The molecule has 3 N–H and O–H groups in total. The number of nitrogens with one attached hydrogen (secondary N) is 1. The van der Waals surface area contributed by atoms with Crippen molar-refractivity contribution in [1.82, 2.24) is 10.2 Å². The number of likely N-dealkylation sites (tertiary alicyclic amines) is 1. The van der Waals surface area contributed by atoms with Crippen molar-refractivity contribution in [3.63, 3.8) is 0 Å². The first-order valence-corrected chi connectivity index (χ1v) is 9.78. The Bertz CT molecular complexity index is 620. The Morgan fingerprint density at radius 2 is 1.88 bits per heavy atom. The zero-order valence-electron chi connectivity index (χ0n) is 15.5. The Morgan fingerprint density at radius 1 is 1.15 bits per heavy atom. The van der Waals surface area contributed by atoms with Gasteiger partial charge in [-0.15, -0.1) is 0 Å². The van der Waals surface area contributed by atoms with Gasteiger partial charge in [-0.05, 0) is 44.3 Å². The van der Waals surface area contributed by atoms with Crippen LogP contribution in [0.5, 0.6) is 0 Å². The van der Waals surface area contributed by atoms with Crippen LogP contribution in [0.3, 0.4) is 0 Å². The average molecular weight is 358 g/mol. The van der Waals surface area contributed by atoms with Gasteiger partial charge in [0.1, 0.15) is 0 Å². The zero-order chi connectivity index (χ0) is 18.2. The van der Waals surface area contributed by atoms with Crippen LogP contribution >= 0.6 is 0 Å². The predicted molar refractivity (Wildman–Crippen MR) is 103 cm³/mol. The van der Waals surface area contributed by atoms with E-state index in [9.17, 15) is 4.79 Å². The van der Waals surface area contributed by atoms with Crippen LogP contribution in [-0.2, 0) is 16.2 Å². The van der Waals surface area contributed by atoms with E-state index in [0.717, 1.165) is 43.6 Å². The molecule has 0 unspecified atom stereocenters. The molecule has 2 aliphatic rings. The van der Waals surface area contributed by atoms with Gasteiger partial charge in [0.05, 0.1) is 0 Å². The summed E-state index contributed by atoms with van der Waals surface area (Å²) in [7, 11) is 0. The van der Waals surface area contributed by atoms with E-state index in [1.807, 2.05) is 18.2 Å². The lowest BCUT2D eigenvalue weighted by molar-refractivity contribution is -0.126. The number of nitrogens with zero attached hydrogens (tertiary/aromatic N) is 2. The van der Waals surface area contributed by atoms with Crippen LogP contribution in [0, 0.1) is 0 Å². The largest absolute Gasteiger partial charge is 0.384 e. The molecule has 6 nitrogen and oxygen atoms in total. The molecule has 1 saturated carbocycles. The van der Waals surface area contributed by atoms with Crippen molar-refractivity contribution in [3.8, 4) is 0 Å². The number of amides is 1. The van der Waals surface area contributed by atoms with Crippen molar-refractivity contribution in [2.45, 2.75) is 57.5 Å². The predicted octanol–water partition coefficient (Wildman–Crippen LogP) is 2.37. The Morgan fingerprint density at radius 3 is 2.65 bits per heavy atom. The van der Waals surface area contributed by atoms with Crippen LogP contribution in [0.1, 0.15) is 56.1 Å². The van der Waals surface area contributed by atoms with Crippen LogP contribution in [0.4, 0.5) is 0 Å². The van der Waals surface area contributed by atoms with Gasteiger partial charge in [0.2, 0.25) is 0 Å². The van der Waals surface area contributed by atoms with Gasteiger partial charge < -0.3 is 15.9 Å². The molecule has 26 heavy (non-hydrogen) atoms. The van der Waals surface area contributed by atoms with E-state index in [1.54, 1.807) is 0 Å². The van der Waals surface area contributed by atoms with E-state index in [-0.39, 0.29) is 18.6 Å². The molecule has 142 valence electrons. The number of piperidine rings is 1. The van der Waals surface area contributed by atoms with Crippen molar-refractivity contribution >= 4 is 11.7 Å². The van der Waals surface area contributed by atoms with E-state index < -0.39 is 0 Å². The van der Waals surface area contributed by atoms with Gasteiger partial charge >= 0.3 is 0 Å². The molecule has 1 saturated heterocycles. The minimum atomic E-state index is -0.130. The monoisotopic (exact) mass is 358 g/mol. The van der Waals surface area contributed by atoms with Crippen molar-refractivity contribution in [1.29, 1.82) is 0 Å². The van der Waals surface area contributed by atoms with E-state index in [4.69, 9.17) is 10.6 Å². The number of rotatable bonds is 7. The smallest absolute Gasteiger partial charge is 0.260 e. The van der Waals surface area contributed by atoms with Gasteiger partial charge in [-0.2, -0.15) is 0 Å². The summed E-state index contributed by atoms with van der Waals surface area (Å²) in [6.07, 6.45) is 8.31. The fourth-order valence-corrected chi connectivity index (χ4v) is 3.82. The second-order valence-electron chi connectivity index (χ2n) is 7.29. The molecular formula is C20H30N4O2. The highest BCUT2D eigenvalue weighted by atomic mass is 16.6. The molecule has 6 heteroatoms. The summed E-state index contributed by atoms with van der Waals surface area (Å²) in [5.74, 6) is 0.196. The van der Waals surface area contributed by atoms with Crippen LogP contribution < -0.4 is 11.1 Å². The Kier molecular flexibility index (Phi) is 6.89. The lowest BCUT2D eigenvalue weighted by Crippen LogP contribution is -2.35. The SMILES string of the molecule is N/C(=N/OCC(=O)NC1CCCC1)c1ccccc1CN1CCCCC1. The number of amidine groups is 1. The Hall–Kier alpha value is -2.08. The summed E-state index contributed by atoms with van der Waals surface area (Å²) in [4.78, 5) is 19.5. The van der Waals surface area contributed by atoms with E-state index in [2.05, 4.69) is 21.4 Å². The summed E-state index contributed by atoms with van der Waals surface area (Å²) in [5, 5.41) is 6.96. The first-order valence-electron chi connectivity index (χ1n) is 9.78. The topological polar surface area (TPSA) is 80.0 Å². The van der Waals surface area contributed by atoms with Crippen molar-refractivity contribution < 1.29 is 9.63 Å². The molecular weight excluding hydrogens is 328 g/mol. The molecule has 1 aliphatic carbocycles. The standard InChI is InChI=1S/C20H30N4O2/c21-20(23-26-15-19(25)22-17-9-3-4-10-17)18-11-5-2-8-16(18)14-24-12-6-1-7-13-24/h2,5,8,11,17H,1,3-4,6-7,9-10,12-15H2,(H2,21,23)(H,22,25). The molecule has 0 spiro atoms. The second-order valence-corrected chi connectivity index (χ2v) is 7.29. The van der Waals surface area contributed by atoms with Crippen molar-refractivity contribution in [2.24, 2.45) is 10.9 Å². The number of hydrogen-bond acceptors (Lipinski definition) is 4. The summed E-state index contributed by atoms with van der Waals surface area (Å²) in [5.41, 5.74) is 8.16. The number of benzene rings is 1. The molecule has 0 atom stereocenters. The highest BCUT2D eigenvalue weighted by molar-refractivity contribution is 5.98. The van der Waals surface area contributed by atoms with Crippen molar-refractivity contribution in [2.75, 3.05) is 19.7 Å². The summed E-state index contributed by atoms with van der Waals surface area (Å²) in [6.45, 7) is 3.03. The zero-order valence-corrected chi connectivity index (χ0v) is 15.5. The molecule has 0 radical (unpaired) electrons. The second kappa shape index (κ2) is 9.57. The molecule has 2 fully saturated rings. The van der Waals surface area contributed by atoms with Gasteiger partial charge in [0.25, 0.3) is 5.91 Å². The minimum Gasteiger partial charge on any atom is -0.384 e.